The lowest BCUT2D eigenvalue weighted by Crippen LogP contribution is -2.10. The highest BCUT2D eigenvalue weighted by Crippen LogP contribution is 2.55. The van der Waals surface area contributed by atoms with E-state index in [1.807, 2.05) is 0 Å². The Morgan fingerprint density at radius 3 is 0.890 bits per heavy atom. The van der Waals surface area contributed by atoms with E-state index in [0.29, 0.717) is 0 Å². The van der Waals surface area contributed by atoms with E-state index in [1.165, 1.54) is 121 Å². The number of anilines is 6. The van der Waals surface area contributed by atoms with Gasteiger partial charge >= 0.3 is 0 Å². The van der Waals surface area contributed by atoms with E-state index in [0.717, 1.165) is 34.1 Å². The Hall–Kier alpha value is -10.9. The van der Waals surface area contributed by atoms with E-state index in [2.05, 4.69) is 322 Å². The number of fused-ring (bicyclic) bond motifs is 12. The summed E-state index contributed by atoms with van der Waals surface area (Å²) in [7, 11) is 0. The van der Waals surface area contributed by atoms with Gasteiger partial charge in [-0.1, -0.05) is 231 Å². The third-order valence-corrected chi connectivity index (χ3v) is 17.1. The summed E-state index contributed by atoms with van der Waals surface area (Å²) in [5.41, 5.74) is 23.3. The molecular weight excluding hydrogens is 993 g/mol. The van der Waals surface area contributed by atoms with Crippen LogP contribution in [0.3, 0.4) is 0 Å². The van der Waals surface area contributed by atoms with Crippen molar-refractivity contribution in [3.05, 3.63) is 303 Å². The number of hydrogen-bond acceptors (Lipinski definition) is 2. The Balaban J connectivity index is 0.998. The molecule has 17 rings (SSSR count). The molecule has 382 valence electrons. The quantitative estimate of drug-likeness (QED) is 0.136. The van der Waals surface area contributed by atoms with Crippen molar-refractivity contribution in [3.8, 4) is 44.5 Å². The second-order valence-corrected chi connectivity index (χ2v) is 21.6. The maximum absolute atomic E-state index is 2.63. The molecule has 0 aliphatic heterocycles. The van der Waals surface area contributed by atoms with Crippen LogP contribution in [0, 0.1) is 0 Å². The minimum Gasteiger partial charge on any atom is -0.310 e. The van der Waals surface area contributed by atoms with Gasteiger partial charge in [0.1, 0.15) is 0 Å². The minimum absolute atomic E-state index is 1.09. The second kappa shape index (κ2) is 18.3. The van der Waals surface area contributed by atoms with Gasteiger partial charge < -0.3 is 18.6 Å². The molecule has 0 atom stereocenters. The molecule has 0 amide bonds. The molecular formula is C78H50N4. The third kappa shape index (κ3) is 6.92. The molecule has 0 aliphatic rings. The Labute approximate surface area is 474 Å². The third-order valence-electron chi connectivity index (χ3n) is 17.1. The lowest BCUT2D eigenvalue weighted by atomic mass is 9.89. The molecule has 0 saturated carbocycles. The van der Waals surface area contributed by atoms with Crippen molar-refractivity contribution in [2.75, 3.05) is 9.80 Å². The van der Waals surface area contributed by atoms with Crippen LogP contribution < -0.4 is 9.80 Å². The first-order valence-corrected chi connectivity index (χ1v) is 28.3. The Morgan fingerprint density at radius 2 is 0.500 bits per heavy atom. The summed E-state index contributed by atoms with van der Waals surface area (Å²) in [5, 5.41) is 9.88. The van der Waals surface area contributed by atoms with Gasteiger partial charge in [-0.25, -0.2) is 0 Å². The van der Waals surface area contributed by atoms with Crippen molar-refractivity contribution in [3.63, 3.8) is 0 Å². The molecule has 4 nitrogen and oxygen atoms in total. The van der Waals surface area contributed by atoms with Crippen LogP contribution >= 0.6 is 0 Å². The fraction of sp³-hybridized carbons (Fsp3) is 0. The average molecular weight is 1040 g/mol. The summed E-state index contributed by atoms with van der Waals surface area (Å²) in [6.07, 6.45) is 0. The molecule has 0 fully saturated rings. The van der Waals surface area contributed by atoms with Crippen LogP contribution in [0.4, 0.5) is 34.1 Å². The van der Waals surface area contributed by atoms with Crippen LogP contribution in [0.25, 0.3) is 121 Å². The second-order valence-electron chi connectivity index (χ2n) is 21.6. The normalized spacial score (nSPS) is 11.9. The maximum Gasteiger partial charge on any atom is 0.0634 e. The summed E-state index contributed by atoms with van der Waals surface area (Å²) in [4.78, 5) is 4.83. The summed E-state index contributed by atoms with van der Waals surface area (Å²) >= 11 is 0. The van der Waals surface area contributed by atoms with Crippen molar-refractivity contribution in [1.82, 2.24) is 8.80 Å². The fourth-order valence-electron chi connectivity index (χ4n) is 13.7. The van der Waals surface area contributed by atoms with Gasteiger partial charge in [-0.3, -0.25) is 0 Å². The van der Waals surface area contributed by atoms with Crippen molar-refractivity contribution < 1.29 is 0 Å². The van der Waals surface area contributed by atoms with Crippen LogP contribution in [0.2, 0.25) is 0 Å². The van der Waals surface area contributed by atoms with Crippen LogP contribution in [-0.4, -0.2) is 8.80 Å². The number of benzene rings is 13. The molecule has 13 aromatic carbocycles. The summed E-state index contributed by atoms with van der Waals surface area (Å²) in [5.74, 6) is 0. The molecule has 0 spiro atoms. The van der Waals surface area contributed by atoms with E-state index < -0.39 is 0 Å². The van der Waals surface area contributed by atoms with Crippen molar-refractivity contribution in [2.24, 2.45) is 0 Å². The van der Waals surface area contributed by atoms with Crippen LogP contribution in [0.15, 0.2) is 303 Å². The van der Waals surface area contributed by atoms with E-state index in [1.54, 1.807) is 0 Å². The molecule has 17 aromatic rings. The monoisotopic (exact) mass is 1040 g/mol. The Kier molecular flexibility index (Phi) is 10.3. The molecule has 0 bridgehead atoms. The molecule has 0 N–H and O–H groups in total. The van der Waals surface area contributed by atoms with Gasteiger partial charge in [0.2, 0.25) is 0 Å². The maximum atomic E-state index is 2.63. The lowest BCUT2D eigenvalue weighted by molar-refractivity contribution is 1.28. The van der Waals surface area contributed by atoms with E-state index >= 15 is 0 Å². The molecule has 0 saturated heterocycles. The van der Waals surface area contributed by atoms with Gasteiger partial charge in [0.05, 0.1) is 33.1 Å². The fourth-order valence-corrected chi connectivity index (χ4v) is 13.7. The molecule has 0 aliphatic carbocycles. The topological polar surface area (TPSA) is 15.3 Å². The van der Waals surface area contributed by atoms with E-state index in [9.17, 15) is 0 Å². The van der Waals surface area contributed by atoms with Crippen LogP contribution in [-0.2, 0) is 0 Å². The first kappa shape index (κ1) is 46.0. The summed E-state index contributed by atoms with van der Waals surface area (Å²) < 4.78 is 5.26. The molecule has 4 heteroatoms. The predicted molar refractivity (Wildman–Crippen MR) is 347 cm³/mol. The van der Waals surface area contributed by atoms with Gasteiger partial charge in [-0.15, -0.1) is 0 Å². The zero-order valence-electron chi connectivity index (χ0n) is 44.7. The minimum atomic E-state index is 1.09. The van der Waals surface area contributed by atoms with Gasteiger partial charge in [0.15, 0.2) is 0 Å². The number of aromatic nitrogens is 2. The highest BCUT2D eigenvalue weighted by Gasteiger charge is 2.31. The number of hydrogen-bond donors (Lipinski definition) is 0. The SMILES string of the molecule is c1ccc(-c2cccc(N(c3ccccc3)c3ccc4c5cccc6c7c(-c8ccccc8)c8c(c(-c9ccccc9)c7n(c4c3)c56)c3cccc4c5ccc(N(c6ccccc6)c6cccc(-c7ccccc7)c6)cc5n8c43)c2)cc1. The first-order chi connectivity index (χ1) is 40.7. The van der Waals surface area contributed by atoms with Crippen LogP contribution in [0.1, 0.15) is 0 Å². The zero-order chi connectivity index (χ0) is 53.8. The molecule has 82 heavy (non-hydrogen) atoms. The standard InChI is InChI=1S/C78H50N4/c1-7-23-51(24-8-1)55-31-19-37-59(47-55)79(57-33-15-5-16-34-57)61-43-45-63-65-39-21-41-67-73-72(54-29-13-4-14-30-54)78-74(71(53-27-11-3-12-28-53)77(73)81(75(65)67)69(63)49-61)68-42-22-40-66-64-46-44-62(50-70(64)82(78)76(66)68)80(58-35-17-6-18-36-58)60-38-20-32-56(48-60)52-25-9-2-10-26-52/h1-50H. The number of para-hydroxylation sites is 4. The predicted octanol–water partition coefficient (Wildman–Crippen LogP) is 21.6. The largest absolute Gasteiger partial charge is 0.310 e. The van der Waals surface area contributed by atoms with Crippen LogP contribution in [0.5, 0.6) is 0 Å². The van der Waals surface area contributed by atoms with Gasteiger partial charge in [-0.2, -0.15) is 0 Å². The average Bonchev–Trinajstić information content (AvgIpc) is 3.20. The number of rotatable bonds is 10. The Morgan fingerprint density at radius 1 is 0.195 bits per heavy atom. The summed E-state index contributed by atoms with van der Waals surface area (Å²) in [6.45, 7) is 0. The Bertz CT molecular complexity index is 4910. The van der Waals surface area contributed by atoms with Crippen molar-refractivity contribution in [1.29, 1.82) is 0 Å². The van der Waals surface area contributed by atoms with Crippen molar-refractivity contribution in [2.45, 2.75) is 0 Å². The zero-order valence-corrected chi connectivity index (χ0v) is 44.7. The first-order valence-electron chi connectivity index (χ1n) is 28.3. The van der Waals surface area contributed by atoms with E-state index in [4.69, 9.17) is 0 Å². The molecule has 0 unspecified atom stereocenters. The van der Waals surface area contributed by atoms with Crippen molar-refractivity contribution >= 4 is 110 Å². The highest BCUT2D eigenvalue weighted by molar-refractivity contribution is 6.38. The smallest absolute Gasteiger partial charge is 0.0634 e. The molecule has 4 aromatic heterocycles. The number of nitrogens with zero attached hydrogens (tertiary/aromatic N) is 4. The van der Waals surface area contributed by atoms with Gasteiger partial charge in [-0.05, 0) is 106 Å². The lowest BCUT2D eigenvalue weighted by Gasteiger charge is -2.26. The van der Waals surface area contributed by atoms with Gasteiger partial charge in [0.25, 0.3) is 0 Å². The summed E-state index contributed by atoms with van der Waals surface area (Å²) in [6, 6.07) is 111. The van der Waals surface area contributed by atoms with E-state index in [-0.39, 0.29) is 0 Å². The van der Waals surface area contributed by atoms with Gasteiger partial charge in [0, 0.05) is 88.3 Å². The molecule has 0 radical (unpaired) electrons. The molecule has 4 heterocycles. The highest BCUT2D eigenvalue weighted by atomic mass is 15.1.